The number of carbonyl (C=O) groups is 1. The molecular weight excluding hydrogens is 232 g/mol. The molecule has 2 N–H and O–H groups in total. The molecule has 4 heteroatoms. The highest BCUT2D eigenvalue weighted by Crippen LogP contribution is 2.25. The fourth-order valence-electron chi connectivity index (χ4n) is 2.60. The number of hydrogen-bond acceptors (Lipinski definition) is 3. The fraction of sp³-hybridized carbons (Fsp3) is 0.923. The summed E-state index contributed by atoms with van der Waals surface area (Å²) in [6, 6.07) is 0.579. The summed E-state index contributed by atoms with van der Waals surface area (Å²) < 4.78 is 0. The highest BCUT2D eigenvalue weighted by molar-refractivity contribution is 8.00. The number of piperidine rings is 1. The summed E-state index contributed by atoms with van der Waals surface area (Å²) in [5, 5.41) is 7.24. The van der Waals surface area contributed by atoms with E-state index in [0.717, 1.165) is 19.5 Å². The van der Waals surface area contributed by atoms with E-state index in [-0.39, 0.29) is 5.91 Å². The largest absolute Gasteiger partial charge is 0.355 e. The molecular formula is C13H24N2OS. The van der Waals surface area contributed by atoms with Crippen LogP contribution in [0.4, 0.5) is 0 Å². The number of amides is 1. The molecule has 2 unspecified atom stereocenters. The first kappa shape index (κ1) is 13.2. The highest BCUT2D eigenvalue weighted by Gasteiger charge is 2.17. The van der Waals surface area contributed by atoms with Gasteiger partial charge in [-0.3, -0.25) is 4.79 Å². The third-order valence-electron chi connectivity index (χ3n) is 3.68. The summed E-state index contributed by atoms with van der Waals surface area (Å²) in [5.74, 6) is 1.51. The molecule has 2 rings (SSSR count). The molecule has 0 aromatic rings. The Morgan fingerprint density at radius 2 is 2.24 bits per heavy atom. The van der Waals surface area contributed by atoms with Gasteiger partial charge >= 0.3 is 0 Å². The van der Waals surface area contributed by atoms with E-state index in [0.29, 0.717) is 17.7 Å². The Morgan fingerprint density at radius 3 is 2.94 bits per heavy atom. The molecule has 0 aromatic heterocycles. The summed E-state index contributed by atoms with van der Waals surface area (Å²) in [6.07, 6.45) is 8.14. The minimum absolute atomic E-state index is 0.241. The molecule has 0 aliphatic carbocycles. The van der Waals surface area contributed by atoms with Crippen molar-refractivity contribution in [2.24, 2.45) is 0 Å². The van der Waals surface area contributed by atoms with E-state index in [1.54, 1.807) is 0 Å². The Hall–Kier alpha value is -0.220. The van der Waals surface area contributed by atoms with Gasteiger partial charge in [-0.1, -0.05) is 6.42 Å². The number of carbonyl (C=O) groups excluding carboxylic acids is 1. The molecule has 1 amide bonds. The van der Waals surface area contributed by atoms with Crippen LogP contribution in [0, 0.1) is 0 Å². The first-order chi connectivity index (χ1) is 8.34. The lowest BCUT2D eigenvalue weighted by molar-refractivity contribution is -0.121. The third-order valence-corrected chi connectivity index (χ3v) is 5.08. The van der Waals surface area contributed by atoms with Gasteiger partial charge in [0, 0.05) is 24.3 Å². The van der Waals surface area contributed by atoms with Crippen LogP contribution in [0.1, 0.15) is 44.9 Å². The van der Waals surface area contributed by atoms with Crippen LogP contribution in [0.15, 0.2) is 0 Å². The van der Waals surface area contributed by atoms with Gasteiger partial charge in [-0.15, -0.1) is 0 Å². The average molecular weight is 256 g/mol. The van der Waals surface area contributed by atoms with Crippen LogP contribution in [0.5, 0.6) is 0 Å². The van der Waals surface area contributed by atoms with E-state index in [2.05, 4.69) is 10.6 Å². The predicted molar refractivity (Wildman–Crippen MR) is 73.4 cm³/mol. The van der Waals surface area contributed by atoms with Crippen molar-refractivity contribution in [2.75, 3.05) is 18.8 Å². The maximum absolute atomic E-state index is 11.7. The molecule has 0 spiro atoms. The molecule has 0 radical (unpaired) electrons. The maximum atomic E-state index is 11.7. The second kappa shape index (κ2) is 7.27. The molecule has 0 bridgehead atoms. The van der Waals surface area contributed by atoms with Crippen LogP contribution in [-0.2, 0) is 4.79 Å². The molecule has 3 nitrogen and oxygen atoms in total. The second-order valence-corrected chi connectivity index (χ2v) is 6.53. The van der Waals surface area contributed by atoms with Gasteiger partial charge in [0.2, 0.25) is 5.91 Å². The monoisotopic (exact) mass is 256 g/mol. The molecule has 17 heavy (non-hydrogen) atoms. The molecule has 98 valence electrons. The van der Waals surface area contributed by atoms with E-state index in [4.69, 9.17) is 0 Å². The number of hydrogen-bond donors (Lipinski definition) is 2. The van der Waals surface area contributed by atoms with Crippen LogP contribution in [0.2, 0.25) is 0 Å². The van der Waals surface area contributed by atoms with Gasteiger partial charge in [0.05, 0.1) is 0 Å². The molecule has 0 saturated carbocycles. The topological polar surface area (TPSA) is 41.1 Å². The van der Waals surface area contributed by atoms with Gasteiger partial charge < -0.3 is 10.6 Å². The van der Waals surface area contributed by atoms with Crippen molar-refractivity contribution in [3.05, 3.63) is 0 Å². The van der Waals surface area contributed by atoms with Crippen molar-refractivity contribution in [3.8, 4) is 0 Å². The van der Waals surface area contributed by atoms with E-state index in [1.165, 1.54) is 37.9 Å². The Labute approximate surface area is 108 Å². The third kappa shape index (κ3) is 4.88. The van der Waals surface area contributed by atoms with Gasteiger partial charge in [-0.25, -0.2) is 0 Å². The molecule has 2 atom stereocenters. The first-order valence-corrected chi connectivity index (χ1v) is 8.01. The summed E-state index contributed by atoms with van der Waals surface area (Å²) in [4.78, 5) is 11.7. The zero-order valence-electron chi connectivity index (χ0n) is 10.5. The Morgan fingerprint density at radius 1 is 1.29 bits per heavy atom. The van der Waals surface area contributed by atoms with Crippen LogP contribution >= 0.6 is 11.8 Å². The van der Waals surface area contributed by atoms with Crippen LogP contribution in [0.3, 0.4) is 0 Å². The lowest BCUT2D eigenvalue weighted by Crippen LogP contribution is -2.36. The summed E-state index contributed by atoms with van der Waals surface area (Å²) in [5.41, 5.74) is 0. The van der Waals surface area contributed by atoms with Gasteiger partial charge in [0.15, 0.2) is 0 Å². The normalized spacial score (nSPS) is 29.2. The van der Waals surface area contributed by atoms with E-state index < -0.39 is 0 Å². The van der Waals surface area contributed by atoms with Crippen LogP contribution < -0.4 is 10.6 Å². The maximum Gasteiger partial charge on any atom is 0.220 e. The molecule has 2 heterocycles. The van der Waals surface area contributed by atoms with Crippen molar-refractivity contribution in [2.45, 2.75) is 56.2 Å². The van der Waals surface area contributed by atoms with E-state index in [9.17, 15) is 4.79 Å². The van der Waals surface area contributed by atoms with Gasteiger partial charge in [-0.2, -0.15) is 11.8 Å². The van der Waals surface area contributed by atoms with Crippen LogP contribution in [0.25, 0.3) is 0 Å². The summed E-state index contributed by atoms with van der Waals surface area (Å²) >= 11 is 2.00. The lowest BCUT2D eigenvalue weighted by atomic mass is 10.0. The first-order valence-electron chi connectivity index (χ1n) is 6.96. The minimum atomic E-state index is 0.241. The predicted octanol–water partition coefficient (Wildman–Crippen LogP) is 1.92. The van der Waals surface area contributed by atoms with Crippen molar-refractivity contribution < 1.29 is 4.79 Å². The van der Waals surface area contributed by atoms with Crippen molar-refractivity contribution in [1.82, 2.24) is 10.6 Å². The zero-order chi connectivity index (χ0) is 11.9. The molecule has 2 saturated heterocycles. The molecule has 2 fully saturated rings. The standard InChI is InChI=1S/C13H24N2OS/c16-13(15-10-12-5-3-9-17-12)7-6-11-4-1-2-8-14-11/h11-12,14H,1-10H2,(H,15,16). The lowest BCUT2D eigenvalue weighted by Gasteiger charge is -2.23. The van der Waals surface area contributed by atoms with Gasteiger partial charge in [0.25, 0.3) is 0 Å². The van der Waals surface area contributed by atoms with Crippen molar-refractivity contribution >= 4 is 17.7 Å². The minimum Gasteiger partial charge on any atom is -0.355 e. The Kier molecular flexibility index (Phi) is 5.65. The number of nitrogens with one attached hydrogen (secondary N) is 2. The van der Waals surface area contributed by atoms with Gasteiger partial charge in [0.1, 0.15) is 0 Å². The summed E-state index contributed by atoms with van der Waals surface area (Å²) in [7, 11) is 0. The highest BCUT2D eigenvalue weighted by atomic mass is 32.2. The van der Waals surface area contributed by atoms with E-state index in [1.807, 2.05) is 11.8 Å². The Bertz CT molecular complexity index is 236. The van der Waals surface area contributed by atoms with Crippen LogP contribution in [-0.4, -0.2) is 36.0 Å². The van der Waals surface area contributed by atoms with E-state index >= 15 is 0 Å². The van der Waals surface area contributed by atoms with Crippen molar-refractivity contribution in [3.63, 3.8) is 0 Å². The fourth-order valence-corrected chi connectivity index (χ4v) is 3.80. The molecule has 0 aromatic carbocycles. The second-order valence-electron chi connectivity index (χ2n) is 5.12. The van der Waals surface area contributed by atoms with Crippen molar-refractivity contribution in [1.29, 1.82) is 0 Å². The number of thioether (sulfide) groups is 1. The smallest absolute Gasteiger partial charge is 0.220 e. The Balaban J connectivity index is 1.53. The average Bonchev–Trinajstić information content (AvgIpc) is 2.88. The summed E-state index contributed by atoms with van der Waals surface area (Å²) in [6.45, 7) is 2.01. The SMILES string of the molecule is O=C(CCC1CCCCN1)NCC1CCCS1. The zero-order valence-corrected chi connectivity index (χ0v) is 11.4. The molecule has 2 aliphatic rings. The molecule has 2 aliphatic heterocycles. The quantitative estimate of drug-likeness (QED) is 0.789. The van der Waals surface area contributed by atoms with Gasteiger partial charge in [-0.05, 0) is 44.4 Å². The number of rotatable bonds is 5.